The van der Waals surface area contributed by atoms with Crippen molar-refractivity contribution >= 4 is 68.6 Å². The Bertz CT molecular complexity index is 906. The van der Waals surface area contributed by atoms with Crippen molar-refractivity contribution in [2.75, 3.05) is 39.7 Å². The summed E-state index contributed by atoms with van der Waals surface area (Å²) in [5.74, 6) is 1.69. The van der Waals surface area contributed by atoms with Crippen molar-refractivity contribution in [3.05, 3.63) is 34.7 Å². The van der Waals surface area contributed by atoms with Gasteiger partial charge in [-0.15, -0.1) is 35.3 Å². The first kappa shape index (κ1) is 24.8. The zero-order valence-corrected chi connectivity index (χ0v) is 20.2. The fourth-order valence-corrected chi connectivity index (χ4v) is 4.67. The average Bonchev–Trinajstić information content (AvgIpc) is 3.11. The molecule has 2 rings (SSSR count). The van der Waals surface area contributed by atoms with Crippen LogP contribution in [-0.2, 0) is 10.0 Å². The Morgan fingerprint density at radius 1 is 1.14 bits per heavy atom. The molecule has 0 saturated heterocycles. The van der Waals surface area contributed by atoms with E-state index in [0.29, 0.717) is 28.3 Å². The first-order valence-corrected chi connectivity index (χ1v) is 10.5. The molecule has 12 heteroatoms. The minimum Gasteiger partial charge on any atom is -0.493 e. The number of hydrogen-bond donors (Lipinski definition) is 3. The molecule has 0 bridgehead atoms. The summed E-state index contributed by atoms with van der Waals surface area (Å²) in [5.41, 5.74) is 0.745. The molecule has 1 aromatic carbocycles. The Balaban J connectivity index is 0.00000392. The van der Waals surface area contributed by atoms with Crippen LogP contribution >= 0.6 is 46.9 Å². The van der Waals surface area contributed by atoms with E-state index in [0.717, 1.165) is 17.0 Å². The minimum absolute atomic E-state index is 0. The molecule has 0 aliphatic carbocycles. The quantitative estimate of drug-likeness (QED) is 0.199. The zero-order chi connectivity index (χ0) is 19.9. The Kier molecular flexibility index (Phi) is 10.3. The van der Waals surface area contributed by atoms with Crippen molar-refractivity contribution in [3.8, 4) is 11.5 Å². The lowest BCUT2D eigenvalue weighted by atomic mass is 10.3. The van der Waals surface area contributed by atoms with E-state index in [4.69, 9.17) is 21.1 Å². The van der Waals surface area contributed by atoms with Crippen LogP contribution in [0.5, 0.6) is 11.5 Å². The lowest BCUT2D eigenvalue weighted by molar-refractivity contribution is 0.355. The minimum atomic E-state index is -3.57. The number of nitrogens with zero attached hydrogens (tertiary/aromatic N) is 1. The van der Waals surface area contributed by atoms with Crippen molar-refractivity contribution in [1.82, 2.24) is 10.0 Å². The maximum absolute atomic E-state index is 12.1. The number of anilines is 1. The molecule has 0 unspecified atom stereocenters. The van der Waals surface area contributed by atoms with E-state index in [9.17, 15) is 8.42 Å². The van der Waals surface area contributed by atoms with E-state index in [-0.39, 0.29) is 34.7 Å². The van der Waals surface area contributed by atoms with Crippen molar-refractivity contribution < 1.29 is 17.9 Å². The Morgan fingerprint density at radius 2 is 1.86 bits per heavy atom. The molecule has 1 aromatic heterocycles. The van der Waals surface area contributed by atoms with Crippen LogP contribution in [0.15, 0.2) is 39.5 Å². The molecule has 0 aliphatic rings. The molecule has 0 atom stereocenters. The Hall–Kier alpha value is -1.28. The molecule has 0 saturated carbocycles. The average molecular weight is 561 g/mol. The topological polar surface area (TPSA) is 101 Å². The summed E-state index contributed by atoms with van der Waals surface area (Å²) < 4.78 is 37.8. The van der Waals surface area contributed by atoms with Crippen LogP contribution in [0.4, 0.5) is 5.69 Å². The number of halogens is 2. The van der Waals surface area contributed by atoms with E-state index in [1.165, 1.54) is 6.07 Å². The summed E-state index contributed by atoms with van der Waals surface area (Å²) >= 11 is 6.79. The van der Waals surface area contributed by atoms with Gasteiger partial charge < -0.3 is 20.1 Å². The van der Waals surface area contributed by atoms with E-state index < -0.39 is 10.0 Å². The first-order valence-electron chi connectivity index (χ1n) is 7.84. The summed E-state index contributed by atoms with van der Waals surface area (Å²) in [6.07, 6.45) is 0. The summed E-state index contributed by atoms with van der Waals surface area (Å²) in [4.78, 5) is 4.11. The van der Waals surface area contributed by atoms with Gasteiger partial charge in [0.25, 0.3) is 0 Å². The fraction of sp³-hybridized carbons (Fsp3) is 0.312. The summed E-state index contributed by atoms with van der Waals surface area (Å²) in [6, 6.07) is 8.38. The highest BCUT2D eigenvalue weighted by atomic mass is 127. The summed E-state index contributed by atoms with van der Waals surface area (Å²) in [6.45, 7) is 0.524. The molecule has 0 amide bonds. The molecular weight excluding hydrogens is 539 g/mol. The fourth-order valence-electron chi connectivity index (χ4n) is 2.11. The Morgan fingerprint density at radius 3 is 2.43 bits per heavy atom. The predicted molar refractivity (Wildman–Crippen MR) is 124 cm³/mol. The second-order valence-corrected chi connectivity index (χ2v) is 8.86. The van der Waals surface area contributed by atoms with Gasteiger partial charge in [-0.05, 0) is 24.3 Å². The smallest absolute Gasteiger partial charge is 0.250 e. The van der Waals surface area contributed by atoms with Gasteiger partial charge in [-0.1, -0.05) is 11.6 Å². The Labute approximate surface area is 190 Å². The van der Waals surface area contributed by atoms with Gasteiger partial charge in [-0.25, -0.2) is 13.1 Å². The maximum atomic E-state index is 12.1. The number of rotatable bonds is 8. The van der Waals surface area contributed by atoms with Crippen LogP contribution < -0.4 is 24.8 Å². The number of aliphatic imine (C=N–C) groups is 1. The first-order chi connectivity index (χ1) is 12.9. The number of hydrogen-bond acceptors (Lipinski definition) is 6. The van der Waals surface area contributed by atoms with Crippen LogP contribution in [0.1, 0.15) is 0 Å². The number of ether oxygens (including phenoxy) is 2. The maximum Gasteiger partial charge on any atom is 0.250 e. The van der Waals surface area contributed by atoms with Crippen LogP contribution in [-0.4, -0.2) is 48.7 Å². The van der Waals surface area contributed by atoms with Gasteiger partial charge in [0.15, 0.2) is 17.5 Å². The van der Waals surface area contributed by atoms with Crippen molar-refractivity contribution in [1.29, 1.82) is 0 Å². The molecule has 156 valence electrons. The molecule has 28 heavy (non-hydrogen) atoms. The van der Waals surface area contributed by atoms with E-state index in [1.54, 1.807) is 39.5 Å². The SMILES string of the molecule is CN=C(NCCNS(=O)(=O)c1ccc(Cl)s1)Nc1ccc(OC)c(OC)c1.I. The third-order valence-electron chi connectivity index (χ3n) is 3.39. The normalized spacial score (nSPS) is 11.5. The highest BCUT2D eigenvalue weighted by molar-refractivity contribution is 14.0. The number of thiophene rings is 1. The largest absolute Gasteiger partial charge is 0.493 e. The molecule has 0 radical (unpaired) electrons. The van der Waals surface area contributed by atoms with E-state index in [2.05, 4.69) is 20.3 Å². The van der Waals surface area contributed by atoms with Gasteiger partial charge >= 0.3 is 0 Å². The van der Waals surface area contributed by atoms with Crippen LogP contribution in [0.2, 0.25) is 4.34 Å². The summed E-state index contributed by atoms with van der Waals surface area (Å²) in [5, 5.41) is 6.13. The predicted octanol–water partition coefficient (Wildman–Crippen LogP) is 3.00. The highest BCUT2D eigenvalue weighted by Crippen LogP contribution is 2.29. The van der Waals surface area contributed by atoms with Gasteiger partial charge in [0.2, 0.25) is 10.0 Å². The molecule has 1 heterocycles. The molecule has 0 spiro atoms. The molecular formula is C16H22ClIN4O4S2. The molecule has 0 aliphatic heterocycles. The number of methoxy groups -OCH3 is 2. The van der Waals surface area contributed by atoms with Crippen molar-refractivity contribution in [2.24, 2.45) is 4.99 Å². The lowest BCUT2D eigenvalue weighted by Crippen LogP contribution is -2.37. The standard InChI is InChI=1S/C16H21ClN4O4S2.HI/c1-18-16(21-11-4-5-12(24-2)13(10-11)25-3)19-8-9-20-27(22,23)15-7-6-14(17)26-15;/h4-7,10,20H,8-9H2,1-3H3,(H2,18,19,21);1H. The number of benzene rings is 1. The molecule has 3 N–H and O–H groups in total. The third-order valence-corrected chi connectivity index (χ3v) is 6.58. The van der Waals surface area contributed by atoms with Gasteiger partial charge in [0, 0.05) is 31.9 Å². The number of nitrogens with one attached hydrogen (secondary N) is 3. The lowest BCUT2D eigenvalue weighted by Gasteiger charge is -2.14. The van der Waals surface area contributed by atoms with Gasteiger partial charge in [0.05, 0.1) is 18.6 Å². The van der Waals surface area contributed by atoms with Gasteiger partial charge in [-0.2, -0.15) is 0 Å². The third kappa shape index (κ3) is 6.95. The monoisotopic (exact) mass is 560 g/mol. The molecule has 8 nitrogen and oxygen atoms in total. The van der Waals surface area contributed by atoms with Gasteiger partial charge in [-0.3, -0.25) is 4.99 Å². The second kappa shape index (κ2) is 11.7. The number of guanidine groups is 1. The highest BCUT2D eigenvalue weighted by Gasteiger charge is 2.15. The van der Waals surface area contributed by atoms with E-state index >= 15 is 0 Å². The number of sulfonamides is 1. The molecule has 2 aromatic rings. The van der Waals surface area contributed by atoms with Crippen LogP contribution in [0.3, 0.4) is 0 Å². The van der Waals surface area contributed by atoms with Crippen LogP contribution in [0.25, 0.3) is 0 Å². The van der Waals surface area contributed by atoms with Crippen LogP contribution in [0, 0.1) is 0 Å². The van der Waals surface area contributed by atoms with Gasteiger partial charge in [0.1, 0.15) is 4.21 Å². The summed E-state index contributed by atoms with van der Waals surface area (Å²) in [7, 11) is 1.18. The van der Waals surface area contributed by atoms with E-state index in [1.807, 2.05) is 6.07 Å². The zero-order valence-electron chi connectivity index (χ0n) is 15.5. The van der Waals surface area contributed by atoms with Crippen molar-refractivity contribution in [2.45, 2.75) is 4.21 Å². The molecule has 0 fully saturated rings. The second-order valence-electron chi connectivity index (χ2n) is 5.15. The van der Waals surface area contributed by atoms with Crippen molar-refractivity contribution in [3.63, 3.8) is 0 Å².